The molecule has 0 amide bonds. The normalized spacial score (nSPS) is 10.9. The summed E-state index contributed by atoms with van der Waals surface area (Å²) in [6.45, 7) is 8.74. The van der Waals surface area contributed by atoms with Gasteiger partial charge >= 0.3 is 0 Å². The first-order chi connectivity index (χ1) is 6.28. The predicted octanol–water partition coefficient (Wildman–Crippen LogP) is 4.63. The van der Waals surface area contributed by atoms with Crippen LogP contribution in [0.1, 0.15) is 53.4 Å². The summed E-state index contributed by atoms with van der Waals surface area (Å²) in [5, 5.41) is 0. The molecule has 0 aliphatic rings. The fourth-order valence-electron chi connectivity index (χ4n) is 1.22. The standard InChI is InChI=1S/C13H22/c1-5-9-13(8-4)11-10-12(6-2)7-3/h9,11H,5-8H2,1-4H3/b13-9+. The second kappa shape index (κ2) is 7.89. The van der Waals surface area contributed by atoms with E-state index in [2.05, 4.69) is 45.6 Å². The van der Waals surface area contributed by atoms with Crippen LogP contribution in [-0.4, -0.2) is 0 Å². The lowest BCUT2D eigenvalue weighted by Gasteiger charge is -1.95. The van der Waals surface area contributed by atoms with Crippen molar-refractivity contribution in [3.05, 3.63) is 29.0 Å². The lowest BCUT2D eigenvalue weighted by atomic mass is 10.1. The van der Waals surface area contributed by atoms with E-state index in [-0.39, 0.29) is 0 Å². The molecule has 0 aliphatic heterocycles. The van der Waals surface area contributed by atoms with Crippen molar-refractivity contribution in [2.75, 3.05) is 0 Å². The molecule has 0 aliphatic carbocycles. The Kier molecular flexibility index (Phi) is 7.44. The van der Waals surface area contributed by atoms with Gasteiger partial charge in [-0.15, -0.1) is 5.73 Å². The zero-order valence-corrected chi connectivity index (χ0v) is 9.48. The first kappa shape index (κ1) is 12.3. The summed E-state index contributed by atoms with van der Waals surface area (Å²) in [6, 6.07) is 0. The quantitative estimate of drug-likeness (QED) is 0.425. The molecule has 0 saturated carbocycles. The summed E-state index contributed by atoms with van der Waals surface area (Å²) >= 11 is 0. The first-order valence-corrected chi connectivity index (χ1v) is 5.41. The minimum atomic E-state index is 1.11. The average molecular weight is 178 g/mol. The van der Waals surface area contributed by atoms with Crippen molar-refractivity contribution in [2.24, 2.45) is 0 Å². The van der Waals surface area contributed by atoms with Crippen LogP contribution in [0.25, 0.3) is 0 Å². The van der Waals surface area contributed by atoms with Crippen molar-refractivity contribution in [1.29, 1.82) is 0 Å². The van der Waals surface area contributed by atoms with E-state index in [1.807, 2.05) is 0 Å². The number of rotatable bonds is 5. The maximum Gasteiger partial charge on any atom is -0.0171 e. The molecule has 0 atom stereocenters. The van der Waals surface area contributed by atoms with Gasteiger partial charge in [0.15, 0.2) is 0 Å². The van der Waals surface area contributed by atoms with Crippen molar-refractivity contribution in [1.82, 2.24) is 0 Å². The van der Waals surface area contributed by atoms with E-state index in [0.29, 0.717) is 0 Å². The summed E-state index contributed by atoms with van der Waals surface area (Å²) in [4.78, 5) is 0. The van der Waals surface area contributed by atoms with Crippen LogP contribution in [0.3, 0.4) is 0 Å². The van der Waals surface area contributed by atoms with E-state index in [4.69, 9.17) is 0 Å². The van der Waals surface area contributed by atoms with Gasteiger partial charge in [0.25, 0.3) is 0 Å². The van der Waals surface area contributed by atoms with Crippen LogP contribution >= 0.6 is 0 Å². The largest absolute Gasteiger partial charge is 0.121 e. The third kappa shape index (κ3) is 5.49. The zero-order valence-electron chi connectivity index (χ0n) is 9.48. The molecular weight excluding hydrogens is 156 g/mol. The Bertz CT molecular complexity index is 206. The topological polar surface area (TPSA) is 0 Å². The van der Waals surface area contributed by atoms with Crippen LogP contribution in [-0.2, 0) is 0 Å². The third-order valence-corrected chi connectivity index (χ3v) is 2.19. The highest BCUT2D eigenvalue weighted by Crippen LogP contribution is 2.07. The van der Waals surface area contributed by atoms with Crippen LogP contribution in [0.15, 0.2) is 29.0 Å². The molecule has 0 radical (unpaired) electrons. The summed E-state index contributed by atoms with van der Waals surface area (Å²) in [6.07, 6.45) is 8.89. The van der Waals surface area contributed by atoms with Gasteiger partial charge in [0.2, 0.25) is 0 Å². The molecule has 0 rings (SSSR count). The van der Waals surface area contributed by atoms with Crippen LogP contribution in [0.5, 0.6) is 0 Å². The molecule has 0 N–H and O–H groups in total. The Balaban J connectivity index is 4.52. The van der Waals surface area contributed by atoms with Gasteiger partial charge in [0.1, 0.15) is 0 Å². The lowest BCUT2D eigenvalue weighted by molar-refractivity contribution is 0.980. The maximum absolute atomic E-state index is 3.38. The number of allylic oxidation sites excluding steroid dienone is 3. The monoisotopic (exact) mass is 178 g/mol. The second-order valence-corrected chi connectivity index (χ2v) is 3.14. The van der Waals surface area contributed by atoms with Gasteiger partial charge in [0.05, 0.1) is 0 Å². The molecule has 0 bridgehead atoms. The van der Waals surface area contributed by atoms with E-state index < -0.39 is 0 Å². The summed E-state index contributed by atoms with van der Waals surface area (Å²) in [7, 11) is 0. The van der Waals surface area contributed by atoms with Crippen molar-refractivity contribution in [3.8, 4) is 0 Å². The Hall–Kier alpha value is -0.740. The van der Waals surface area contributed by atoms with E-state index in [1.165, 1.54) is 11.1 Å². The Morgan fingerprint density at radius 2 is 1.62 bits per heavy atom. The Morgan fingerprint density at radius 3 is 2.00 bits per heavy atom. The fraction of sp³-hybridized carbons (Fsp3) is 0.615. The van der Waals surface area contributed by atoms with Crippen molar-refractivity contribution < 1.29 is 0 Å². The van der Waals surface area contributed by atoms with E-state index in [1.54, 1.807) is 0 Å². The molecule has 13 heavy (non-hydrogen) atoms. The van der Waals surface area contributed by atoms with Crippen molar-refractivity contribution in [3.63, 3.8) is 0 Å². The molecule has 0 aromatic rings. The minimum absolute atomic E-state index is 1.11. The molecular formula is C13H22. The van der Waals surface area contributed by atoms with Crippen LogP contribution in [0.2, 0.25) is 0 Å². The van der Waals surface area contributed by atoms with E-state index in [9.17, 15) is 0 Å². The van der Waals surface area contributed by atoms with Crippen LogP contribution < -0.4 is 0 Å². The highest BCUT2D eigenvalue weighted by atomic mass is 13.9. The summed E-state index contributed by atoms with van der Waals surface area (Å²) in [5.41, 5.74) is 6.20. The van der Waals surface area contributed by atoms with Gasteiger partial charge in [0, 0.05) is 0 Å². The first-order valence-electron chi connectivity index (χ1n) is 5.41. The highest BCUT2D eigenvalue weighted by molar-refractivity contribution is 5.19. The highest BCUT2D eigenvalue weighted by Gasteiger charge is 1.87. The van der Waals surface area contributed by atoms with Gasteiger partial charge in [-0.25, -0.2) is 0 Å². The molecule has 0 nitrogen and oxygen atoms in total. The molecule has 0 saturated heterocycles. The van der Waals surface area contributed by atoms with Gasteiger partial charge in [-0.05, 0) is 42.9 Å². The molecule has 0 spiro atoms. The summed E-state index contributed by atoms with van der Waals surface area (Å²) < 4.78 is 0. The fourth-order valence-corrected chi connectivity index (χ4v) is 1.22. The lowest BCUT2D eigenvalue weighted by Crippen LogP contribution is -1.76. The molecule has 0 fully saturated rings. The molecule has 0 heterocycles. The Labute approximate surface area is 83.0 Å². The summed E-state index contributed by atoms with van der Waals surface area (Å²) in [5.74, 6) is 0. The van der Waals surface area contributed by atoms with Gasteiger partial charge in [-0.1, -0.05) is 33.8 Å². The SMILES string of the molecule is CC/C=C(/C=C=C(CC)CC)CC. The Morgan fingerprint density at radius 1 is 1.00 bits per heavy atom. The molecule has 0 aromatic carbocycles. The van der Waals surface area contributed by atoms with Gasteiger partial charge in [-0.3, -0.25) is 0 Å². The smallest absolute Gasteiger partial charge is 0.0171 e. The average Bonchev–Trinajstić information content (AvgIpc) is 2.17. The van der Waals surface area contributed by atoms with Crippen LogP contribution in [0, 0.1) is 0 Å². The zero-order chi connectivity index (χ0) is 10.1. The molecule has 0 heteroatoms. The predicted molar refractivity (Wildman–Crippen MR) is 60.8 cm³/mol. The third-order valence-electron chi connectivity index (χ3n) is 2.19. The number of hydrogen-bond donors (Lipinski definition) is 0. The van der Waals surface area contributed by atoms with Crippen LogP contribution in [0.4, 0.5) is 0 Å². The maximum atomic E-state index is 3.38. The van der Waals surface area contributed by atoms with E-state index in [0.717, 1.165) is 25.7 Å². The van der Waals surface area contributed by atoms with Gasteiger partial charge in [-0.2, -0.15) is 0 Å². The second-order valence-electron chi connectivity index (χ2n) is 3.14. The van der Waals surface area contributed by atoms with Gasteiger partial charge < -0.3 is 0 Å². The molecule has 0 unspecified atom stereocenters. The molecule has 74 valence electrons. The minimum Gasteiger partial charge on any atom is -0.121 e. The van der Waals surface area contributed by atoms with Crippen molar-refractivity contribution >= 4 is 0 Å². The van der Waals surface area contributed by atoms with E-state index >= 15 is 0 Å². The van der Waals surface area contributed by atoms with Crippen molar-refractivity contribution in [2.45, 2.75) is 53.4 Å². The number of hydrogen-bond acceptors (Lipinski definition) is 0. The molecule has 0 aromatic heterocycles.